The first kappa shape index (κ1) is 14.9. The zero-order valence-electron chi connectivity index (χ0n) is 10.1. The minimum atomic E-state index is -3.74. The lowest BCUT2D eigenvalue weighted by atomic mass is 10.3. The number of anilines is 1. The topological polar surface area (TPSA) is 124 Å². The zero-order valence-corrected chi connectivity index (χ0v) is 11.8. The number of nitrogens with one attached hydrogen (secondary N) is 1. The Morgan fingerprint density at radius 1 is 1.33 bits per heavy atom. The molecule has 0 unspecified atom stereocenters. The molecular weight excluding hydrogens is 280 g/mol. The number of nitrogens with two attached hydrogens (primary N) is 1. The first-order chi connectivity index (χ1) is 8.14. The summed E-state index contributed by atoms with van der Waals surface area (Å²) in [6.07, 6.45) is 2.44. The van der Waals surface area contributed by atoms with Crippen LogP contribution in [0.25, 0.3) is 0 Å². The fourth-order valence-corrected chi connectivity index (χ4v) is 3.97. The average Bonchev–Trinajstić information content (AvgIpc) is 2.56. The Labute approximate surface area is 106 Å². The van der Waals surface area contributed by atoms with Crippen molar-refractivity contribution in [1.29, 1.82) is 0 Å². The minimum absolute atomic E-state index is 0.137. The average molecular weight is 296 g/mol. The number of rotatable bonds is 6. The summed E-state index contributed by atoms with van der Waals surface area (Å²) in [5, 5.41) is 3.87. The zero-order chi connectivity index (χ0) is 14.0. The molecule has 1 aromatic rings. The van der Waals surface area contributed by atoms with Gasteiger partial charge in [0.05, 0.1) is 17.7 Å². The van der Waals surface area contributed by atoms with Crippen LogP contribution >= 0.6 is 0 Å². The van der Waals surface area contributed by atoms with Gasteiger partial charge in [-0.2, -0.15) is 5.10 Å². The lowest BCUT2D eigenvalue weighted by Crippen LogP contribution is -2.24. The first-order valence-electron chi connectivity index (χ1n) is 5.04. The second-order valence-electron chi connectivity index (χ2n) is 3.90. The summed E-state index contributed by atoms with van der Waals surface area (Å²) in [6.45, 7) is 0.137. The maximum atomic E-state index is 11.7. The highest BCUT2D eigenvalue weighted by atomic mass is 32.2. The third-order valence-electron chi connectivity index (χ3n) is 2.21. The van der Waals surface area contributed by atoms with Crippen LogP contribution in [0.1, 0.15) is 5.56 Å². The van der Waals surface area contributed by atoms with Crippen molar-refractivity contribution >= 4 is 25.7 Å². The Kier molecular flexibility index (Phi) is 4.35. The van der Waals surface area contributed by atoms with Gasteiger partial charge >= 0.3 is 0 Å². The summed E-state index contributed by atoms with van der Waals surface area (Å²) in [5.74, 6) is -0.676. The second kappa shape index (κ2) is 5.24. The fraction of sp³-hybridized carbons (Fsp3) is 0.625. The first-order valence-corrected chi connectivity index (χ1v) is 8.75. The molecule has 8 nitrogen and oxygen atoms in total. The fourth-order valence-electron chi connectivity index (χ4n) is 1.22. The number of aromatic nitrogens is 2. The van der Waals surface area contributed by atoms with Crippen molar-refractivity contribution in [3.8, 4) is 0 Å². The third kappa shape index (κ3) is 4.27. The smallest absolute Gasteiger partial charge is 0.234 e. The van der Waals surface area contributed by atoms with Crippen LogP contribution in [-0.4, -0.2) is 44.4 Å². The van der Waals surface area contributed by atoms with Crippen molar-refractivity contribution in [2.45, 2.75) is 6.54 Å². The summed E-state index contributed by atoms with van der Waals surface area (Å²) in [6, 6.07) is 0. The van der Waals surface area contributed by atoms with E-state index in [0.717, 1.165) is 6.26 Å². The van der Waals surface area contributed by atoms with Crippen molar-refractivity contribution in [3.05, 3.63) is 11.8 Å². The van der Waals surface area contributed by atoms with Crippen LogP contribution in [0.15, 0.2) is 6.20 Å². The number of hydrogen-bond acceptors (Lipinski definition) is 6. The van der Waals surface area contributed by atoms with Crippen molar-refractivity contribution in [2.24, 2.45) is 12.8 Å². The molecule has 0 radical (unpaired) electrons. The molecule has 0 aromatic carbocycles. The largest absolute Gasteiger partial charge is 0.326 e. The molecule has 0 spiro atoms. The summed E-state index contributed by atoms with van der Waals surface area (Å²) in [7, 11) is -5.50. The lowest BCUT2D eigenvalue weighted by molar-refractivity contribution is 0.592. The van der Waals surface area contributed by atoms with Crippen molar-refractivity contribution in [2.75, 3.05) is 22.5 Å². The highest BCUT2D eigenvalue weighted by Gasteiger charge is 2.18. The van der Waals surface area contributed by atoms with Gasteiger partial charge in [-0.05, 0) is 0 Å². The Balaban J connectivity index is 2.86. The van der Waals surface area contributed by atoms with Gasteiger partial charge in [0, 0.05) is 25.4 Å². The second-order valence-corrected chi connectivity index (χ2v) is 8.00. The SMILES string of the molecule is Cn1ncc(CN)c1NS(=O)(=O)CCS(C)(=O)=O. The lowest BCUT2D eigenvalue weighted by Gasteiger charge is -2.09. The van der Waals surface area contributed by atoms with E-state index in [9.17, 15) is 16.8 Å². The molecule has 18 heavy (non-hydrogen) atoms. The van der Waals surface area contributed by atoms with Gasteiger partial charge in [-0.1, -0.05) is 0 Å². The molecule has 0 saturated carbocycles. The quantitative estimate of drug-likeness (QED) is 0.670. The molecule has 0 bridgehead atoms. The van der Waals surface area contributed by atoms with E-state index >= 15 is 0 Å². The number of hydrogen-bond donors (Lipinski definition) is 2. The monoisotopic (exact) mass is 296 g/mol. The van der Waals surface area contributed by atoms with E-state index in [2.05, 4.69) is 9.82 Å². The van der Waals surface area contributed by atoms with E-state index in [0.29, 0.717) is 5.56 Å². The maximum Gasteiger partial charge on any atom is 0.234 e. The standard InChI is InChI=1S/C8H16N4O4S2/c1-12-8(7(5-9)6-10-12)11-18(15,16)4-3-17(2,13)14/h6,11H,3-5,9H2,1-2H3. The van der Waals surface area contributed by atoms with E-state index in [4.69, 9.17) is 5.73 Å². The highest BCUT2D eigenvalue weighted by molar-refractivity contribution is 7.95. The molecule has 1 rings (SSSR count). The van der Waals surface area contributed by atoms with Gasteiger partial charge in [-0.15, -0.1) is 0 Å². The molecule has 0 saturated heterocycles. The van der Waals surface area contributed by atoms with E-state index in [1.54, 1.807) is 7.05 Å². The van der Waals surface area contributed by atoms with Crippen molar-refractivity contribution in [3.63, 3.8) is 0 Å². The van der Waals surface area contributed by atoms with Crippen LogP contribution in [0.5, 0.6) is 0 Å². The van der Waals surface area contributed by atoms with Gasteiger partial charge in [0.2, 0.25) is 10.0 Å². The summed E-state index contributed by atoms with van der Waals surface area (Å²) in [5.41, 5.74) is 5.98. The maximum absolute atomic E-state index is 11.7. The summed E-state index contributed by atoms with van der Waals surface area (Å²) >= 11 is 0. The highest BCUT2D eigenvalue weighted by Crippen LogP contribution is 2.14. The Morgan fingerprint density at radius 3 is 2.44 bits per heavy atom. The van der Waals surface area contributed by atoms with E-state index < -0.39 is 31.4 Å². The Morgan fingerprint density at radius 2 is 1.94 bits per heavy atom. The van der Waals surface area contributed by atoms with Crippen LogP contribution < -0.4 is 10.5 Å². The molecule has 0 aliphatic heterocycles. The van der Waals surface area contributed by atoms with Gasteiger partial charge in [-0.25, -0.2) is 16.8 Å². The number of sulfone groups is 1. The van der Waals surface area contributed by atoms with Gasteiger partial charge in [0.15, 0.2) is 0 Å². The molecule has 0 amide bonds. The summed E-state index contributed by atoms with van der Waals surface area (Å²) < 4.78 is 48.9. The Bertz CT molecular complexity index is 618. The van der Waals surface area contributed by atoms with Crippen LogP contribution in [0.3, 0.4) is 0 Å². The molecule has 0 fully saturated rings. The minimum Gasteiger partial charge on any atom is -0.326 e. The molecule has 1 aromatic heterocycles. The number of sulfonamides is 1. The number of nitrogens with zero attached hydrogens (tertiary/aromatic N) is 2. The molecule has 104 valence electrons. The van der Waals surface area contributed by atoms with E-state index in [-0.39, 0.29) is 12.4 Å². The van der Waals surface area contributed by atoms with Crippen LogP contribution in [0, 0.1) is 0 Å². The van der Waals surface area contributed by atoms with Crippen LogP contribution in [-0.2, 0) is 33.5 Å². The molecule has 0 atom stereocenters. The van der Waals surface area contributed by atoms with Crippen LogP contribution in [0.2, 0.25) is 0 Å². The van der Waals surface area contributed by atoms with Gasteiger partial charge in [-0.3, -0.25) is 9.40 Å². The molecule has 1 heterocycles. The van der Waals surface area contributed by atoms with Crippen LogP contribution in [0.4, 0.5) is 5.82 Å². The predicted octanol–water partition coefficient (Wildman–Crippen LogP) is -1.33. The molecule has 0 aliphatic rings. The van der Waals surface area contributed by atoms with Crippen molar-refractivity contribution < 1.29 is 16.8 Å². The molecule has 0 aliphatic carbocycles. The molecule has 10 heteroatoms. The van der Waals surface area contributed by atoms with Crippen molar-refractivity contribution in [1.82, 2.24) is 9.78 Å². The Hall–Kier alpha value is -1.13. The molecule has 3 N–H and O–H groups in total. The third-order valence-corrected chi connectivity index (χ3v) is 4.66. The molecular formula is C8H16N4O4S2. The van der Waals surface area contributed by atoms with E-state index in [1.807, 2.05) is 0 Å². The van der Waals surface area contributed by atoms with Gasteiger partial charge < -0.3 is 5.73 Å². The van der Waals surface area contributed by atoms with Gasteiger partial charge in [0.25, 0.3) is 0 Å². The normalized spacial score (nSPS) is 12.6. The predicted molar refractivity (Wildman–Crippen MR) is 68.2 cm³/mol. The van der Waals surface area contributed by atoms with E-state index in [1.165, 1.54) is 10.9 Å². The number of aryl methyl sites for hydroxylation is 1. The summed E-state index contributed by atoms with van der Waals surface area (Å²) in [4.78, 5) is 0. The van der Waals surface area contributed by atoms with Gasteiger partial charge in [0.1, 0.15) is 15.7 Å².